The molecule has 0 aromatic carbocycles. The molecule has 0 aromatic rings. The van der Waals surface area contributed by atoms with Crippen molar-refractivity contribution in [2.24, 2.45) is 0 Å². The predicted octanol–water partition coefficient (Wildman–Crippen LogP) is 3.29. The second-order valence-electron chi connectivity index (χ2n) is 3.38. The van der Waals surface area contributed by atoms with Crippen molar-refractivity contribution in [2.45, 2.75) is 37.9 Å². The maximum absolute atomic E-state index is 10.4. The Morgan fingerprint density at radius 3 is 2.69 bits per heavy atom. The van der Waals surface area contributed by atoms with Crippen molar-refractivity contribution in [2.75, 3.05) is 5.75 Å². The van der Waals surface area contributed by atoms with E-state index < -0.39 is 10.7 Å². The van der Waals surface area contributed by atoms with E-state index in [1.807, 2.05) is 13.8 Å². The van der Waals surface area contributed by atoms with Crippen LogP contribution in [0.25, 0.3) is 0 Å². The predicted molar refractivity (Wildman–Crippen MR) is 73.8 cm³/mol. The highest BCUT2D eigenvalue weighted by Gasteiger charge is 2.26. The topological polar surface area (TPSA) is 61.1 Å². The highest BCUT2D eigenvalue weighted by molar-refractivity contribution is 8.47. The molecule has 0 rings (SSSR count). The first-order chi connectivity index (χ1) is 7.43. The van der Waals surface area contributed by atoms with E-state index in [0.717, 1.165) is 9.28 Å². The number of carboxylic acid groups (broad SMARTS) is 1. The Morgan fingerprint density at radius 2 is 2.25 bits per heavy atom. The highest BCUT2D eigenvalue weighted by Crippen LogP contribution is 2.34. The Labute approximate surface area is 110 Å². The highest BCUT2D eigenvalue weighted by atomic mass is 32.2. The summed E-state index contributed by atoms with van der Waals surface area (Å²) in [6, 6.07) is 2.21. The van der Waals surface area contributed by atoms with Crippen LogP contribution in [-0.2, 0) is 4.79 Å². The van der Waals surface area contributed by atoms with E-state index in [0.29, 0.717) is 12.8 Å². The zero-order chi connectivity index (χ0) is 12.6. The number of hydrogen-bond acceptors (Lipinski definition) is 5. The zero-order valence-electron chi connectivity index (χ0n) is 9.36. The van der Waals surface area contributed by atoms with Gasteiger partial charge in [0, 0.05) is 6.42 Å². The minimum Gasteiger partial charge on any atom is -0.481 e. The van der Waals surface area contributed by atoms with Gasteiger partial charge >= 0.3 is 5.97 Å². The summed E-state index contributed by atoms with van der Waals surface area (Å²) in [5, 5.41) is 17.6. The van der Waals surface area contributed by atoms with E-state index in [9.17, 15) is 4.79 Å². The van der Waals surface area contributed by atoms with Gasteiger partial charge in [0.05, 0.1) is 6.07 Å². The minimum absolute atomic E-state index is 0.103. The van der Waals surface area contributed by atoms with E-state index in [1.54, 1.807) is 11.8 Å². The molecular weight excluding hydrogens is 262 g/mol. The molecule has 90 valence electrons. The van der Waals surface area contributed by atoms with E-state index in [-0.39, 0.29) is 6.42 Å². The van der Waals surface area contributed by atoms with Gasteiger partial charge < -0.3 is 5.11 Å². The molecule has 1 unspecified atom stereocenters. The third-order valence-electron chi connectivity index (χ3n) is 1.85. The van der Waals surface area contributed by atoms with Gasteiger partial charge in [-0.1, -0.05) is 30.9 Å². The summed E-state index contributed by atoms with van der Waals surface area (Å²) >= 11 is 8.03. The third kappa shape index (κ3) is 7.09. The Hall–Kier alpha value is -0.250. The quantitative estimate of drug-likeness (QED) is 0.752. The summed E-state index contributed by atoms with van der Waals surface area (Å²) in [6.45, 7) is 3.81. The van der Waals surface area contributed by atoms with Crippen LogP contribution in [0.15, 0.2) is 0 Å². The molecule has 0 saturated heterocycles. The lowest BCUT2D eigenvalue weighted by atomic mass is 10.1. The van der Waals surface area contributed by atoms with Gasteiger partial charge in [0.1, 0.15) is 8.28 Å². The average Bonchev–Trinajstić information content (AvgIpc) is 2.17. The van der Waals surface area contributed by atoms with Crippen molar-refractivity contribution in [3.8, 4) is 6.07 Å². The van der Waals surface area contributed by atoms with Crippen molar-refractivity contribution in [1.29, 1.82) is 5.26 Å². The largest absolute Gasteiger partial charge is 0.481 e. The second kappa shape index (κ2) is 7.93. The molecule has 0 saturated carbocycles. The summed E-state index contributed by atoms with van der Waals surface area (Å²) in [4.78, 5) is 10.4. The fourth-order valence-electron chi connectivity index (χ4n) is 1.04. The molecule has 0 fully saturated rings. The van der Waals surface area contributed by atoms with Gasteiger partial charge in [0.2, 0.25) is 0 Å². The monoisotopic (exact) mass is 277 g/mol. The Bertz CT molecular complexity index is 301. The molecule has 16 heavy (non-hydrogen) atoms. The number of nitriles is 1. The van der Waals surface area contributed by atoms with Crippen LogP contribution in [0.4, 0.5) is 0 Å². The lowest BCUT2D eigenvalue weighted by Gasteiger charge is -2.20. The van der Waals surface area contributed by atoms with Crippen LogP contribution in [0.3, 0.4) is 0 Å². The molecule has 6 heteroatoms. The average molecular weight is 277 g/mol. The first-order valence-corrected chi connectivity index (χ1v) is 7.13. The van der Waals surface area contributed by atoms with Crippen molar-refractivity contribution in [1.82, 2.24) is 0 Å². The fraction of sp³-hybridized carbons (Fsp3) is 0.700. The van der Waals surface area contributed by atoms with Gasteiger partial charge in [0.25, 0.3) is 0 Å². The molecule has 0 heterocycles. The van der Waals surface area contributed by atoms with E-state index in [2.05, 4.69) is 6.07 Å². The summed E-state index contributed by atoms with van der Waals surface area (Å²) in [7, 11) is 0. The molecule has 0 radical (unpaired) electrons. The number of carboxylic acids is 1. The molecule has 0 bridgehead atoms. The molecule has 0 aliphatic rings. The second-order valence-corrected chi connectivity index (χ2v) is 7.35. The number of thioether (sulfide) groups is 2. The Balaban J connectivity index is 4.16. The summed E-state index contributed by atoms with van der Waals surface area (Å²) < 4.78 is 0.149. The van der Waals surface area contributed by atoms with Crippen molar-refractivity contribution >= 4 is 45.2 Å². The molecule has 0 aromatic heterocycles. The first-order valence-electron chi connectivity index (χ1n) is 4.92. The van der Waals surface area contributed by atoms with Gasteiger partial charge in [-0.05, 0) is 25.5 Å². The molecule has 0 aliphatic carbocycles. The molecule has 3 nitrogen and oxygen atoms in total. The lowest BCUT2D eigenvalue weighted by Crippen LogP contribution is -2.19. The van der Waals surface area contributed by atoms with E-state index in [4.69, 9.17) is 22.6 Å². The molecule has 1 atom stereocenters. The van der Waals surface area contributed by atoms with Crippen LogP contribution in [0.5, 0.6) is 0 Å². The first kappa shape index (κ1) is 15.8. The number of thiocarbonyl (C=S) groups is 1. The SMILES string of the molecule is CCSC(=S)SC(C)(C#N)CCCC(=O)O. The maximum atomic E-state index is 10.4. The van der Waals surface area contributed by atoms with Crippen LogP contribution in [0.2, 0.25) is 0 Å². The van der Waals surface area contributed by atoms with Crippen LogP contribution in [0.1, 0.15) is 33.1 Å². The zero-order valence-corrected chi connectivity index (χ0v) is 11.8. The number of aliphatic carboxylic acids is 1. The normalized spacial score (nSPS) is 13.8. The molecule has 0 amide bonds. The van der Waals surface area contributed by atoms with E-state index in [1.165, 1.54) is 11.8 Å². The number of rotatable bonds is 6. The van der Waals surface area contributed by atoms with Gasteiger partial charge in [-0.15, -0.1) is 11.8 Å². The maximum Gasteiger partial charge on any atom is 0.303 e. The van der Waals surface area contributed by atoms with Crippen LogP contribution in [-0.4, -0.2) is 25.1 Å². The minimum atomic E-state index is -0.823. The lowest BCUT2D eigenvalue weighted by molar-refractivity contribution is -0.137. The summed E-state index contributed by atoms with van der Waals surface area (Å²) in [6.07, 6.45) is 1.15. The summed E-state index contributed by atoms with van der Waals surface area (Å²) in [5.41, 5.74) is 0. The fourth-order valence-corrected chi connectivity index (χ4v) is 3.98. The number of nitrogens with zero attached hydrogens (tertiary/aromatic N) is 1. The van der Waals surface area contributed by atoms with Gasteiger partial charge in [-0.3, -0.25) is 4.79 Å². The summed E-state index contributed by atoms with van der Waals surface area (Å²) in [5.74, 6) is 0.0680. The molecular formula is C10H15NO2S3. The Morgan fingerprint density at radius 1 is 1.62 bits per heavy atom. The van der Waals surface area contributed by atoms with Crippen LogP contribution < -0.4 is 0 Å². The van der Waals surface area contributed by atoms with Gasteiger partial charge in [-0.25, -0.2) is 0 Å². The van der Waals surface area contributed by atoms with Crippen molar-refractivity contribution in [3.05, 3.63) is 0 Å². The molecule has 0 aliphatic heterocycles. The van der Waals surface area contributed by atoms with Crippen molar-refractivity contribution < 1.29 is 9.90 Å². The van der Waals surface area contributed by atoms with Gasteiger partial charge in [0.15, 0.2) is 0 Å². The number of carbonyl (C=O) groups is 1. The van der Waals surface area contributed by atoms with E-state index >= 15 is 0 Å². The molecule has 0 spiro atoms. The number of hydrogen-bond donors (Lipinski definition) is 1. The Kier molecular flexibility index (Phi) is 7.81. The van der Waals surface area contributed by atoms with Crippen LogP contribution >= 0.6 is 35.7 Å². The standard InChI is InChI=1S/C10H15NO2S3/c1-3-15-9(14)16-10(2,7-11)6-4-5-8(12)13/h3-6H2,1-2H3,(H,12,13). The van der Waals surface area contributed by atoms with Gasteiger partial charge in [-0.2, -0.15) is 5.26 Å². The third-order valence-corrected chi connectivity index (χ3v) is 4.50. The smallest absolute Gasteiger partial charge is 0.303 e. The van der Waals surface area contributed by atoms with Crippen molar-refractivity contribution in [3.63, 3.8) is 0 Å². The van der Waals surface area contributed by atoms with Crippen LogP contribution in [0, 0.1) is 11.3 Å². The molecule has 1 N–H and O–H groups in total.